The lowest BCUT2D eigenvalue weighted by molar-refractivity contribution is 0.380. The maximum absolute atomic E-state index is 5.12. The predicted octanol–water partition coefficient (Wildman–Crippen LogP) is 2.47. The van der Waals surface area contributed by atoms with E-state index >= 15 is 0 Å². The molecule has 0 spiro atoms. The highest BCUT2D eigenvalue weighted by Gasteiger charge is 2.11. The molecule has 0 saturated carbocycles. The van der Waals surface area contributed by atoms with Gasteiger partial charge in [0.15, 0.2) is 0 Å². The standard InChI is InChI=1S/C12H22N2O/c1-9-11(10(2)15-14-9)6-7-13-8-12(3,4)5/h13H,6-8H2,1-5H3. The van der Waals surface area contributed by atoms with Crippen molar-refractivity contribution in [2.75, 3.05) is 13.1 Å². The van der Waals surface area contributed by atoms with Crippen LogP contribution in [0.15, 0.2) is 4.52 Å². The molecule has 86 valence electrons. The Kier molecular flexibility index (Phi) is 3.91. The van der Waals surface area contributed by atoms with Gasteiger partial charge >= 0.3 is 0 Å². The molecule has 15 heavy (non-hydrogen) atoms. The number of aromatic nitrogens is 1. The van der Waals surface area contributed by atoms with E-state index < -0.39 is 0 Å². The highest BCUT2D eigenvalue weighted by atomic mass is 16.5. The summed E-state index contributed by atoms with van der Waals surface area (Å²) in [5.74, 6) is 0.949. The summed E-state index contributed by atoms with van der Waals surface area (Å²) in [6.07, 6.45) is 0.997. The number of rotatable bonds is 4. The maximum Gasteiger partial charge on any atom is 0.137 e. The Balaban J connectivity index is 2.32. The molecule has 0 bridgehead atoms. The van der Waals surface area contributed by atoms with E-state index in [1.54, 1.807) is 0 Å². The van der Waals surface area contributed by atoms with Crippen LogP contribution >= 0.6 is 0 Å². The van der Waals surface area contributed by atoms with E-state index in [0.717, 1.165) is 31.0 Å². The molecule has 1 aromatic rings. The summed E-state index contributed by atoms with van der Waals surface area (Å²) >= 11 is 0. The van der Waals surface area contributed by atoms with Gasteiger partial charge < -0.3 is 9.84 Å². The predicted molar refractivity (Wildman–Crippen MR) is 62.0 cm³/mol. The van der Waals surface area contributed by atoms with Crippen LogP contribution in [0.5, 0.6) is 0 Å². The highest BCUT2D eigenvalue weighted by molar-refractivity contribution is 5.20. The van der Waals surface area contributed by atoms with Gasteiger partial charge in [0.1, 0.15) is 5.76 Å². The molecule has 1 N–H and O–H groups in total. The van der Waals surface area contributed by atoms with Gasteiger partial charge in [0, 0.05) is 12.1 Å². The fourth-order valence-corrected chi connectivity index (χ4v) is 1.54. The molecule has 0 fully saturated rings. The summed E-state index contributed by atoms with van der Waals surface area (Å²) in [7, 11) is 0. The van der Waals surface area contributed by atoms with Crippen LogP contribution in [0.2, 0.25) is 0 Å². The van der Waals surface area contributed by atoms with Crippen molar-refractivity contribution in [1.29, 1.82) is 0 Å². The molecule has 1 heterocycles. The first kappa shape index (κ1) is 12.2. The summed E-state index contributed by atoms with van der Waals surface area (Å²) in [6, 6.07) is 0. The second-order valence-electron chi connectivity index (χ2n) is 5.29. The SMILES string of the molecule is Cc1noc(C)c1CCNCC(C)(C)C. The van der Waals surface area contributed by atoms with Crippen molar-refractivity contribution >= 4 is 0 Å². The van der Waals surface area contributed by atoms with Crippen LogP contribution in [0.25, 0.3) is 0 Å². The number of hydrogen-bond donors (Lipinski definition) is 1. The van der Waals surface area contributed by atoms with Gasteiger partial charge in [0.2, 0.25) is 0 Å². The molecule has 3 nitrogen and oxygen atoms in total. The van der Waals surface area contributed by atoms with Crippen molar-refractivity contribution in [2.24, 2.45) is 5.41 Å². The molecule has 0 amide bonds. The van der Waals surface area contributed by atoms with Crippen molar-refractivity contribution in [3.05, 3.63) is 17.0 Å². The van der Waals surface area contributed by atoms with E-state index in [1.165, 1.54) is 5.56 Å². The van der Waals surface area contributed by atoms with Gasteiger partial charge in [-0.25, -0.2) is 0 Å². The highest BCUT2D eigenvalue weighted by Crippen LogP contribution is 2.13. The van der Waals surface area contributed by atoms with Crippen LogP contribution < -0.4 is 5.32 Å². The van der Waals surface area contributed by atoms with E-state index in [0.29, 0.717) is 5.41 Å². The van der Waals surface area contributed by atoms with Crippen LogP contribution in [0.1, 0.15) is 37.8 Å². The smallest absolute Gasteiger partial charge is 0.137 e. The monoisotopic (exact) mass is 210 g/mol. The first-order chi connectivity index (χ1) is 6.90. The summed E-state index contributed by atoms with van der Waals surface area (Å²) in [4.78, 5) is 0. The molecule has 1 aromatic heterocycles. The number of aryl methyl sites for hydroxylation is 2. The zero-order valence-corrected chi connectivity index (χ0v) is 10.5. The van der Waals surface area contributed by atoms with Crippen LogP contribution in [-0.4, -0.2) is 18.2 Å². The topological polar surface area (TPSA) is 38.1 Å². The van der Waals surface area contributed by atoms with Gasteiger partial charge in [-0.2, -0.15) is 0 Å². The van der Waals surface area contributed by atoms with Gasteiger partial charge in [-0.15, -0.1) is 0 Å². The first-order valence-corrected chi connectivity index (χ1v) is 5.52. The summed E-state index contributed by atoms with van der Waals surface area (Å²) < 4.78 is 5.12. The Morgan fingerprint density at radius 2 is 1.93 bits per heavy atom. The van der Waals surface area contributed by atoms with Crippen LogP contribution in [0.4, 0.5) is 0 Å². The van der Waals surface area contributed by atoms with Crippen LogP contribution in [-0.2, 0) is 6.42 Å². The van der Waals surface area contributed by atoms with Crippen molar-refractivity contribution < 1.29 is 4.52 Å². The number of nitrogens with zero attached hydrogens (tertiary/aromatic N) is 1. The van der Waals surface area contributed by atoms with Crippen molar-refractivity contribution in [3.8, 4) is 0 Å². The molecule has 1 rings (SSSR count). The summed E-state index contributed by atoms with van der Waals surface area (Å²) in [5, 5.41) is 7.39. The minimum Gasteiger partial charge on any atom is -0.361 e. The molecule has 0 aromatic carbocycles. The third-order valence-electron chi connectivity index (χ3n) is 2.39. The van der Waals surface area contributed by atoms with Crippen molar-refractivity contribution in [1.82, 2.24) is 10.5 Å². The Hall–Kier alpha value is -0.830. The molecule has 0 atom stereocenters. The third-order valence-corrected chi connectivity index (χ3v) is 2.39. The quantitative estimate of drug-likeness (QED) is 0.776. The van der Waals surface area contributed by atoms with Gasteiger partial charge in [-0.1, -0.05) is 25.9 Å². The van der Waals surface area contributed by atoms with Gasteiger partial charge in [-0.3, -0.25) is 0 Å². The number of hydrogen-bond acceptors (Lipinski definition) is 3. The van der Waals surface area contributed by atoms with E-state index in [4.69, 9.17) is 4.52 Å². The maximum atomic E-state index is 5.12. The average molecular weight is 210 g/mol. The lowest BCUT2D eigenvalue weighted by atomic mass is 9.97. The van der Waals surface area contributed by atoms with Crippen molar-refractivity contribution in [3.63, 3.8) is 0 Å². The van der Waals surface area contributed by atoms with Crippen molar-refractivity contribution in [2.45, 2.75) is 41.0 Å². The molecule has 0 radical (unpaired) electrons. The number of nitrogens with one attached hydrogen (secondary N) is 1. The summed E-state index contributed by atoms with van der Waals surface area (Å²) in [6.45, 7) is 12.7. The van der Waals surface area contributed by atoms with Gasteiger partial charge in [0.05, 0.1) is 5.69 Å². The molecule has 0 aliphatic rings. The normalized spacial score (nSPS) is 12.1. The summed E-state index contributed by atoms with van der Waals surface area (Å²) in [5.41, 5.74) is 2.61. The van der Waals surface area contributed by atoms with E-state index in [2.05, 4.69) is 31.2 Å². The Morgan fingerprint density at radius 1 is 1.27 bits per heavy atom. The fourth-order valence-electron chi connectivity index (χ4n) is 1.54. The Labute approximate surface area is 92.2 Å². The largest absolute Gasteiger partial charge is 0.361 e. The Bertz CT molecular complexity index is 290. The molecule has 3 heteroatoms. The lowest BCUT2D eigenvalue weighted by Gasteiger charge is -2.18. The molecular formula is C12H22N2O. The zero-order valence-electron chi connectivity index (χ0n) is 10.5. The first-order valence-electron chi connectivity index (χ1n) is 5.52. The molecule has 0 unspecified atom stereocenters. The lowest BCUT2D eigenvalue weighted by Crippen LogP contribution is -2.28. The molecule has 0 aliphatic heterocycles. The van der Waals surface area contributed by atoms with E-state index in [1.807, 2.05) is 13.8 Å². The van der Waals surface area contributed by atoms with E-state index in [-0.39, 0.29) is 0 Å². The van der Waals surface area contributed by atoms with Crippen LogP contribution in [0, 0.1) is 19.3 Å². The third kappa shape index (κ3) is 4.04. The molecule has 0 aliphatic carbocycles. The second kappa shape index (κ2) is 4.79. The van der Waals surface area contributed by atoms with Gasteiger partial charge in [-0.05, 0) is 32.2 Å². The average Bonchev–Trinajstić information content (AvgIpc) is 2.40. The zero-order chi connectivity index (χ0) is 11.5. The Morgan fingerprint density at radius 3 is 2.40 bits per heavy atom. The fraction of sp³-hybridized carbons (Fsp3) is 0.750. The molecular weight excluding hydrogens is 188 g/mol. The van der Waals surface area contributed by atoms with Gasteiger partial charge in [0.25, 0.3) is 0 Å². The van der Waals surface area contributed by atoms with Crippen LogP contribution in [0.3, 0.4) is 0 Å². The second-order valence-corrected chi connectivity index (χ2v) is 5.29. The minimum atomic E-state index is 0.346. The minimum absolute atomic E-state index is 0.346. The molecule has 0 saturated heterocycles. The van der Waals surface area contributed by atoms with E-state index in [9.17, 15) is 0 Å².